The summed E-state index contributed by atoms with van der Waals surface area (Å²) in [7, 11) is 1.67. The molecule has 116 valence electrons. The van der Waals surface area contributed by atoms with Crippen molar-refractivity contribution >= 4 is 11.9 Å². The highest BCUT2D eigenvalue weighted by molar-refractivity contribution is 5.94. The Morgan fingerprint density at radius 1 is 1.36 bits per heavy atom. The van der Waals surface area contributed by atoms with Crippen molar-refractivity contribution in [2.24, 2.45) is 0 Å². The van der Waals surface area contributed by atoms with Crippen molar-refractivity contribution in [3.05, 3.63) is 42.0 Å². The molecule has 1 aromatic carbocycles. The molecule has 1 amide bonds. The number of benzene rings is 1. The summed E-state index contributed by atoms with van der Waals surface area (Å²) in [6, 6.07) is 5.36. The second-order valence-corrected chi connectivity index (χ2v) is 5.07. The van der Waals surface area contributed by atoms with E-state index in [1.54, 1.807) is 30.2 Å². The third-order valence-electron chi connectivity index (χ3n) is 3.34. The lowest BCUT2D eigenvalue weighted by atomic mass is 10.1. The van der Waals surface area contributed by atoms with E-state index in [0.29, 0.717) is 18.5 Å². The van der Waals surface area contributed by atoms with Gasteiger partial charge >= 0.3 is 5.97 Å². The fourth-order valence-electron chi connectivity index (χ4n) is 2.17. The predicted octanol–water partition coefficient (Wildman–Crippen LogP) is 1.51. The number of aliphatic carboxylic acids is 1. The Morgan fingerprint density at radius 2 is 2.14 bits per heavy atom. The molecule has 2 aromatic rings. The van der Waals surface area contributed by atoms with Gasteiger partial charge in [0.1, 0.15) is 12.7 Å². The topological polar surface area (TPSA) is 88.3 Å². The molecule has 22 heavy (non-hydrogen) atoms. The normalized spacial score (nSPS) is 10.5. The number of aryl methyl sites for hydroxylation is 1. The summed E-state index contributed by atoms with van der Waals surface area (Å²) in [6.07, 6.45) is 3.55. The van der Waals surface area contributed by atoms with E-state index in [2.05, 4.69) is 10.1 Å². The van der Waals surface area contributed by atoms with Crippen LogP contribution in [0.4, 0.5) is 0 Å². The molecule has 0 spiro atoms. The minimum absolute atomic E-state index is 0.0574. The van der Waals surface area contributed by atoms with Crippen LogP contribution in [0.25, 0.3) is 5.69 Å². The highest BCUT2D eigenvalue weighted by Crippen LogP contribution is 2.16. The van der Waals surface area contributed by atoms with Gasteiger partial charge in [-0.15, -0.1) is 0 Å². The van der Waals surface area contributed by atoms with Crippen molar-refractivity contribution in [3.63, 3.8) is 0 Å². The van der Waals surface area contributed by atoms with Crippen LogP contribution < -0.4 is 0 Å². The summed E-state index contributed by atoms with van der Waals surface area (Å²) in [4.78, 5) is 28.2. The number of amides is 1. The molecule has 0 unspecified atom stereocenters. The van der Waals surface area contributed by atoms with Gasteiger partial charge in [-0.3, -0.25) is 9.59 Å². The molecule has 0 radical (unpaired) electrons. The number of carbonyl (C=O) groups is 2. The molecule has 0 aliphatic heterocycles. The quantitative estimate of drug-likeness (QED) is 0.874. The molecular formula is C15H18N4O3. The largest absolute Gasteiger partial charge is 0.481 e. The van der Waals surface area contributed by atoms with E-state index in [1.807, 2.05) is 13.0 Å². The lowest BCUT2D eigenvalue weighted by molar-refractivity contribution is -0.137. The minimum atomic E-state index is -0.853. The van der Waals surface area contributed by atoms with E-state index in [-0.39, 0.29) is 12.3 Å². The monoisotopic (exact) mass is 302 g/mol. The Balaban J connectivity index is 2.07. The zero-order chi connectivity index (χ0) is 16.1. The standard InChI is InChI=1S/C15H18N4O3/c1-11-8-12(5-6-13(11)19-10-16-9-17-19)15(22)18(2)7-3-4-14(20)21/h5-6,8-10H,3-4,7H2,1-2H3,(H,20,21). The van der Waals surface area contributed by atoms with Gasteiger partial charge in [-0.05, 0) is 37.1 Å². The minimum Gasteiger partial charge on any atom is -0.481 e. The molecule has 0 saturated heterocycles. The number of hydrogen-bond donors (Lipinski definition) is 1. The fraction of sp³-hybridized carbons (Fsp3) is 0.333. The van der Waals surface area contributed by atoms with Gasteiger partial charge < -0.3 is 10.0 Å². The molecular weight excluding hydrogens is 284 g/mol. The third kappa shape index (κ3) is 3.69. The maximum Gasteiger partial charge on any atom is 0.303 e. The van der Waals surface area contributed by atoms with Gasteiger partial charge in [-0.25, -0.2) is 9.67 Å². The van der Waals surface area contributed by atoms with Gasteiger partial charge in [0, 0.05) is 25.6 Å². The number of rotatable bonds is 6. The van der Waals surface area contributed by atoms with Gasteiger partial charge in [0.15, 0.2) is 0 Å². The highest BCUT2D eigenvalue weighted by Gasteiger charge is 2.13. The summed E-state index contributed by atoms with van der Waals surface area (Å²) in [5.74, 6) is -0.979. The van der Waals surface area contributed by atoms with Crippen LogP contribution in [-0.4, -0.2) is 50.2 Å². The molecule has 7 heteroatoms. The van der Waals surface area contributed by atoms with Gasteiger partial charge in [0.05, 0.1) is 5.69 Å². The summed E-state index contributed by atoms with van der Waals surface area (Å²) in [5, 5.41) is 12.7. The first-order chi connectivity index (χ1) is 10.5. The van der Waals surface area contributed by atoms with Gasteiger partial charge in [0.2, 0.25) is 0 Å². The number of carbonyl (C=O) groups excluding carboxylic acids is 1. The maximum absolute atomic E-state index is 12.3. The van der Waals surface area contributed by atoms with Crippen molar-refractivity contribution in [1.29, 1.82) is 0 Å². The van der Waals surface area contributed by atoms with Crippen LogP contribution in [0, 0.1) is 6.92 Å². The van der Waals surface area contributed by atoms with Crippen molar-refractivity contribution < 1.29 is 14.7 Å². The molecule has 0 aliphatic carbocycles. The number of carboxylic acid groups (broad SMARTS) is 1. The summed E-state index contributed by atoms with van der Waals surface area (Å²) in [6.45, 7) is 2.31. The molecule has 1 N–H and O–H groups in total. The third-order valence-corrected chi connectivity index (χ3v) is 3.34. The van der Waals surface area contributed by atoms with Gasteiger partial charge in [-0.2, -0.15) is 5.10 Å². The van der Waals surface area contributed by atoms with E-state index in [9.17, 15) is 9.59 Å². The first-order valence-electron chi connectivity index (χ1n) is 6.92. The number of aromatic nitrogens is 3. The molecule has 0 aliphatic rings. The highest BCUT2D eigenvalue weighted by atomic mass is 16.4. The summed E-state index contributed by atoms with van der Waals surface area (Å²) >= 11 is 0. The van der Waals surface area contributed by atoms with Crippen LogP contribution >= 0.6 is 0 Å². The Bertz CT molecular complexity index is 667. The first kappa shape index (κ1) is 15.7. The molecule has 1 heterocycles. The second-order valence-electron chi connectivity index (χ2n) is 5.07. The van der Waals surface area contributed by atoms with Crippen molar-refractivity contribution in [3.8, 4) is 5.69 Å². The zero-order valence-electron chi connectivity index (χ0n) is 12.6. The maximum atomic E-state index is 12.3. The lowest BCUT2D eigenvalue weighted by Gasteiger charge is -2.17. The van der Waals surface area contributed by atoms with Gasteiger partial charge in [0.25, 0.3) is 5.91 Å². The van der Waals surface area contributed by atoms with Crippen LogP contribution in [-0.2, 0) is 4.79 Å². The summed E-state index contributed by atoms with van der Waals surface area (Å²) < 4.78 is 1.64. The average molecular weight is 302 g/mol. The fourth-order valence-corrected chi connectivity index (χ4v) is 2.17. The van der Waals surface area contributed by atoms with Crippen molar-refractivity contribution in [2.45, 2.75) is 19.8 Å². The smallest absolute Gasteiger partial charge is 0.303 e. The van der Waals surface area contributed by atoms with Gasteiger partial charge in [-0.1, -0.05) is 0 Å². The molecule has 0 fully saturated rings. The lowest BCUT2D eigenvalue weighted by Crippen LogP contribution is -2.28. The van der Waals surface area contributed by atoms with Crippen LogP contribution in [0.15, 0.2) is 30.9 Å². The van der Waals surface area contributed by atoms with Crippen LogP contribution in [0.2, 0.25) is 0 Å². The molecule has 0 saturated carbocycles. The number of carboxylic acids is 1. The van der Waals surface area contributed by atoms with Crippen molar-refractivity contribution in [1.82, 2.24) is 19.7 Å². The van der Waals surface area contributed by atoms with E-state index >= 15 is 0 Å². The van der Waals surface area contributed by atoms with E-state index in [0.717, 1.165) is 11.3 Å². The SMILES string of the molecule is Cc1cc(C(=O)N(C)CCCC(=O)O)ccc1-n1cncn1. The molecule has 1 aromatic heterocycles. The molecule has 0 atom stereocenters. The number of hydrogen-bond acceptors (Lipinski definition) is 4. The van der Waals surface area contributed by atoms with Crippen LogP contribution in [0.1, 0.15) is 28.8 Å². The predicted molar refractivity (Wildman–Crippen MR) is 79.9 cm³/mol. The molecule has 7 nitrogen and oxygen atoms in total. The average Bonchev–Trinajstić information content (AvgIpc) is 2.99. The Kier molecular flexibility index (Phi) is 4.88. The van der Waals surface area contributed by atoms with Crippen LogP contribution in [0.3, 0.4) is 0 Å². The first-order valence-corrected chi connectivity index (χ1v) is 6.92. The Hall–Kier alpha value is -2.70. The zero-order valence-corrected chi connectivity index (χ0v) is 12.6. The number of nitrogens with zero attached hydrogens (tertiary/aromatic N) is 4. The summed E-state index contributed by atoms with van der Waals surface area (Å²) in [5.41, 5.74) is 2.34. The Morgan fingerprint density at radius 3 is 2.73 bits per heavy atom. The van der Waals surface area contributed by atoms with E-state index in [4.69, 9.17) is 5.11 Å². The molecule has 0 bridgehead atoms. The van der Waals surface area contributed by atoms with E-state index < -0.39 is 5.97 Å². The Labute approximate surface area is 128 Å². The van der Waals surface area contributed by atoms with Crippen LogP contribution in [0.5, 0.6) is 0 Å². The van der Waals surface area contributed by atoms with Crippen molar-refractivity contribution in [2.75, 3.05) is 13.6 Å². The van der Waals surface area contributed by atoms with E-state index in [1.165, 1.54) is 11.2 Å². The second kappa shape index (κ2) is 6.84. The molecule has 2 rings (SSSR count).